The third kappa shape index (κ3) is 4.87. The number of hydrogen-bond acceptors (Lipinski definition) is 4. The first kappa shape index (κ1) is 18.1. The van der Waals surface area contributed by atoms with Crippen molar-refractivity contribution in [2.24, 2.45) is 0 Å². The highest BCUT2D eigenvalue weighted by Crippen LogP contribution is 2.25. The SMILES string of the molecule is CCOC(=O)C(C#N)=CC=C(c1ccc(Cl)cc1)N1CCCCC1. The van der Waals surface area contributed by atoms with E-state index in [-0.39, 0.29) is 12.2 Å². The molecule has 24 heavy (non-hydrogen) atoms. The molecule has 1 heterocycles. The van der Waals surface area contributed by atoms with Crippen LogP contribution in [0, 0.1) is 11.3 Å². The van der Waals surface area contributed by atoms with Gasteiger partial charge in [0.05, 0.1) is 6.61 Å². The number of halogens is 1. The molecule has 0 atom stereocenters. The van der Waals surface area contributed by atoms with E-state index < -0.39 is 5.97 Å². The van der Waals surface area contributed by atoms with Gasteiger partial charge in [-0.25, -0.2) is 4.79 Å². The van der Waals surface area contributed by atoms with Crippen LogP contribution in [0.5, 0.6) is 0 Å². The van der Waals surface area contributed by atoms with Gasteiger partial charge in [-0.15, -0.1) is 0 Å². The van der Waals surface area contributed by atoms with Crippen LogP contribution >= 0.6 is 11.6 Å². The highest BCUT2D eigenvalue weighted by atomic mass is 35.5. The van der Waals surface area contributed by atoms with Gasteiger partial charge in [-0.05, 0) is 56.0 Å². The maximum atomic E-state index is 11.8. The Balaban J connectivity index is 2.35. The average Bonchev–Trinajstić information content (AvgIpc) is 2.61. The fourth-order valence-electron chi connectivity index (χ4n) is 2.66. The highest BCUT2D eigenvalue weighted by molar-refractivity contribution is 6.30. The zero-order valence-corrected chi connectivity index (χ0v) is 14.6. The lowest BCUT2D eigenvalue weighted by Crippen LogP contribution is -2.28. The molecule has 5 heteroatoms. The molecule has 0 spiro atoms. The third-order valence-electron chi connectivity index (χ3n) is 3.86. The number of nitriles is 1. The van der Waals surface area contributed by atoms with E-state index >= 15 is 0 Å². The first-order valence-electron chi connectivity index (χ1n) is 8.15. The van der Waals surface area contributed by atoms with Crippen LogP contribution in [0.2, 0.25) is 5.02 Å². The van der Waals surface area contributed by atoms with Crippen LogP contribution in [0.4, 0.5) is 0 Å². The summed E-state index contributed by atoms with van der Waals surface area (Å²) in [7, 11) is 0. The summed E-state index contributed by atoms with van der Waals surface area (Å²) >= 11 is 5.98. The molecule has 0 radical (unpaired) electrons. The molecule has 0 saturated carbocycles. The summed E-state index contributed by atoms with van der Waals surface area (Å²) in [6.45, 7) is 3.89. The molecule has 1 saturated heterocycles. The molecule has 1 aromatic carbocycles. The number of rotatable bonds is 5. The first-order chi connectivity index (χ1) is 11.7. The fourth-order valence-corrected chi connectivity index (χ4v) is 2.79. The number of allylic oxidation sites excluding steroid dienone is 2. The molecule has 0 aliphatic carbocycles. The Labute approximate surface area is 148 Å². The van der Waals surface area contributed by atoms with Gasteiger partial charge in [0.25, 0.3) is 0 Å². The van der Waals surface area contributed by atoms with Gasteiger partial charge < -0.3 is 9.64 Å². The summed E-state index contributed by atoms with van der Waals surface area (Å²) < 4.78 is 4.90. The van der Waals surface area contributed by atoms with Crippen molar-refractivity contribution in [3.63, 3.8) is 0 Å². The van der Waals surface area contributed by atoms with E-state index in [4.69, 9.17) is 16.3 Å². The van der Waals surface area contributed by atoms with Gasteiger partial charge in [0.1, 0.15) is 11.6 Å². The van der Waals surface area contributed by atoms with Crippen molar-refractivity contribution in [2.45, 2.75) is 26.2 Å². The van der Waals surface area contributed by atoms with Crippen molar-refractivity contribution >= 4 is 23.3 Å². The second kappa shape index (κ2) is 9.14. The maximum absolute atomic E-state index is 11.8. The summed E-state index contributed by atoms with van der Waals surface area (Å²) in [5, 5.41) is 9.85. The van der Waals surface area contributed by atoms with E-state index in [0.29, 0.717) is 5.02 Å². The van der Waals surface area contributed by atoms with Crippen LogP contribution in [0.25, 0.3) is 5.70 Å². The van der Waals surface area contributed by atoms with Crippen LogP contribution in [0.3, 0.4) is 0 Å². The van der Waals surface area contributed by atoms with Crippen LogP contribution in [-0.4, -0.2) is 30.6 Å². The largest absolute Gasteiger partial charge is 0.462 e. The number of ether oxygens (including phenoxy) is 1. The minimum atomic E-state index is -0.592. The molecule has 1 aliphatic heterocycles. The minimum absolute atomic E-state index is 0.000299. The fraction of sp³-hybridized carbons (Fsp3) is 0.368. The predicted molar refractivity (Wildman–Crippen MR) is 95.2 cm³/mol. The van der Waals surface area contributed by atoms with E-state index in [9.17, 15) is 10.1 Å². The van der Waals surface area contributed by atoms with E-state index in [1.165, 1.54) is 12.5 Å². The van der Waals surface area contributed by atoms with E-state index in [1.54, 1.807) is 6.92 Å². The Bertz CT molecular complexity index is 666. The molecule has 0 bridgehead atoms. The molecule has 1 aliphatic rings. The maximum Gasteiger partial charge on any atom is 0.348 e. The molecule has 0 unspecified atom stereocenters. The third-order valence-corrected chi connectivity index (χ3v) is 4.11. The number of carbonyl (C=O) groups is 1. The number of likely N-dealkylation sites (tertiary alicyclic amines) is 1. The first-order valence-corrected chi connectivity index (χ1v) is 8.53. The van der Waals surface area contributed by atoms with Crippen LogP contribution < -0.4 is 0 Å². The molecule has 1 aromatic rings. The van der Waals surface area contributed by atoms with Gasteiger partial charge in [0, 0.05) is 23.8 Å². The number of hydrogen-bond donors (Lipinski definition) is 0. The molecule has 1 fully saturated rings. The lowest BCUT2D eigenvalue weighted by atomic mass is 10.1. The normalized spacial score (nSPS) is 15.8. The van der Waals surface area contributed by atoms with Gasteiger partial charge in [-0.2, -0.15) is 5.26 Å². The van der Waals surface area contributed by atoms with Gasteiger partial charge in [0.15, 0.2) is 0 Å². The second-order valence-electron chi connectivity index (χ2n) is 5.52. The molecular weight excluding hydrogens is 324 g/mol. The molecule has 0 aromatic heterocycles. The van der Waals surface area contributed by atoms with Crippen LogP contribution in [-0.2, 0) is 9.53 Å². The summed E-state index contributed by atoms with van der Waals surface area (Å²) in [5.74, 6) is -0.592. The van der Waals surface area contributed by atoms with E-state index in [2.05, 4.69) is 4.90 Å². The Morgan fingerprint density at radius 2 is 1.92 bits per heavy atom. The van der Waals surface area contributed by atoms with Gasteiger partial charge in [-0.3, -0.25) is 0 Å². The van der Waals surface area contributed by atoms with E-state index in [0.717, 1.165) is 37.2 Å². The summed E-state index contributed by atoms with van der Waals surface area (Å²) in [4.78, 5) is 14.1. The second-order valence-corrected chi connectivity index (χ2v) is 5.96. The quantitative estimate of drug-likeness (QED) is 0.348. The van der Waals surface area contributed by atoms with Gasteiger partial charge >= 0.3 is 5.97 Å². The summed E-state index contributed by atoms with van der Waals surface area (Å²) in [6, 6.07) is 9.50. The molecule has 0 amide bonds. The standard InChI is InChI=1S/C19H21ClN2O2/c1-2-24-19(23)16(14-21)8-11-18(22-12-4-3-5-13-22)15-6-9-17(20)10-7-15/h6-11H,2-5,12-13H2,1H3. The van der Waals surface area contributed by atoms with Crippen molar-refractivity contribution in [2.75, 3.05) is 19.7 Å². The van der Waals surface area contributed by atoms with Crippen molar-refractivity contribution < 1.29 is 9.53 Å². The predicted octanol–water partition coefficient (Wildman–Crippen LogP) is 4.18. The Morgan fingerprint density at radius 1 is 1.25 bits per heavy atom. The zero-order valence-electron chi connectivity index (χ0n) is 13.8. The summed E-state index contributed by atoms with van der Waals surface area (Å²) in [5.41, 5.74) is 2.00. The van der Waals surface area contributed by atoms with Crippen LogP contribution in [0.1, 0.15) is 31.7 Å². The molecule has 2 rings (SSSR count). The van der Waals surface area contributed by atoms with Gasteiger partial charge in [0.2, 0.25) is 0 Å². The number of piperidine rings is 1. The Morgan fingerprint density at radius 3 is 2.50 bits per heavy atom. The Hall–Kier alpha value is -2.25. The van der Waals surface area contributed by atoms with Crippen LogP contribution in [0.15, 0.2) is 42.0 Å². The monoisotopic (exact) mass is 344 g/mol. The topological polar surface area (TPSA) is 53.3 Å². The number of nitrogens with zero attached hydrogens (tertiary/aromatic N) is 2. The number of carbonyl (C=O) groups excluding carboxylic acids is 1. The smallest absolute Gasteiger partial charge is 0.348 e. The lowest BCUT2D eigenvalue weighted by molar-refractivity contribution is -0.138. The van der Waals surface area contributed by atoms with Crippen molar-refractivity contribution in [1.29, 1.82) is 5.26 Å². The van der Waals surface area contributed by atoms with Crippen molar-refractivity contribution in [3.8, 4) is 6.07 Å². The molecule has 0 N–H and O–H groups in total. The molecule has 126 valence electrons. The minimum Gasteiger partial charge on any atom is -0.462 e. The van der Waals surface area contributed by atoms with E-state index in [1.807, 2.05) is 36.4 Å². The Kier molecular flexibility index (Phi) is 6.89. The van der Waals surface area contributed by atoms with Gasteiger partial charge in [-0.1, -0.05) is 23.7 Å². The highest BCUT2D eigenvalue weighted by Gasteiger charge is 2.15. The number of esters is 1. The van der Waals surface area contributed by atoms with Crippen molar-refractivity contribution in [1.82, 2.24) is 4.90 Å². The number of benzene rings is 1. The lowest BCUT2D eigenvalue weighted by Gasteiger charge is -2.31. The molecule has 4 nitrogen and oxygen atoms in total. The average molecular weight is 345 g/mol. The zero-order chi connectivity index (χ0) is 17.4. The van der Waals surface area contributed by atoms with Crippen molar-refractivity contribution in [3.05, 3.63) is 52.6 Å². The summed E-state index contributed by atoms with van der Waals surface area (Å²) in [6.07, 6.45) is 6.86. The molecular formula is C19H21ClN2O2.